The highest BCUT2D eigenvalue weighted by Gasteiger charge is 2.29. The molecule has 0 aliphatic carbocycles. The molecule has 0 saturated heterocycles. The molecular formula is C52H32N6O2. The smallest absolute Gasteiger partial charge is 0.229 e. The summed E-state index contributed by atoms with van der Waals surface area (Å²) in [7, 11) is 0. The maximum atomic E-state index is 13.6. The number of para-hydroxylation sites is 4. The normalized spacial score (nSPS) is 11.5. The zero-order valence-electron chi connectivity index (χ0n) is 32.0. The third-order valence-electron chi connectivity index (χ3n) is 11.1. The highest BCUT2D eigenvalue weighted by atomic mass is 16.1. The SMILES string of the molecule is O=C(c1ccccn1)c1ccc(-c2c3c4ccccc4n(-c4ccccc4)c3c(-c3ccc(C(=O)c4ccccn4)nc3)c3c4ccccc4n(-c4ccccc4)c23)cn1. The molecule has 0 atom stereocenters. The quantitative estimate of drug-likeness (QED) is 0.143. The van der Waals surface area contributed by atoms with Gasteiger partial charge in [0.2, 0.25) is 11.6 Å². The molecule has 6 heterocycles. The van der Waals surface area contributed by atoms with Crippen LogP contribution in [0.4, 0.5) is 0 Å². The van der Waals surface area contributed by atoms with Gasteiger partial charge in [-0.05, 0) is 72.8 Å². The van der Waals surface area contributed by atoms with Gasteiger partial charge in [-0.2, -0.15) is 0 Å². The van der Waals surface area contributed by atoms with Crippen LogP contribution in [-0.4, -0.2) is 40.6 Å². The van der Waals surface area contributed by atoms with E-state index in [-0.39, 0.29) is 11.6 Å². The van der Waals surface area contributed by atoms with Gasteiger partial charge in [0, 0.05) is 80.0 Å². The number of pyridine rings is 4. The molecule has 8 nitrogen and oxygen atoms in total. The Morgan fingerprint density at radius 1 is 0.367 bits per heavy atom. The van der Waals surface area contributed by atoms with Gasteiger partial charge in [0.15, 0.2) is 0 Å². The first-order valence-corrected chi connectivity index (χ1v) is 19.6. The van der Waals surface area contributed by atoms with Crippen molar-refractivity contribution < 1.29 is 9.59 Å². The van der Waals surface area contributed by atoms with Crippen LogP contribution in [-0.2, 0) is 0 Å². The Morgan fingerprint density at radius 2 is 0.750 bits per heavy atom. The first kappa shape index (κ1) is 34.9. The summed E-state index contributed by atoms with van der Waals surface area (Å²) in [4.78, 5) is 45.4. The van der Waals surface area contributed by atoms with E-state index in [0.717, 1.165) is 77.2 Å². The molecule has 5 aromatic carbocycles. The monoisotopic (exact) mass is 772 g/mol. The Hall–Kier alpha value is -8.36. The first-order chi connectivity index (χ1) is 29.7. The summed E-state index contributed by atoms with van der Waals surface area (Å²) in [6.45, 7) is 0. The molecule has 0 amide bonds. The van der Waals surface area contributed by atoms with Gasteiger partial charge in [-0.25, -0.2) is 0 Å². The number of ketones is 2. The summed E-state index contributed by atoms with van der Waals surface area (Å²) in [6, 6.07) is 55.9. The molecule has 0 aliphatic heterocycles. The number of rotatable bonds is 8. The van der Waals surface area contributed by atoms with Gasteiger partial charge in [-0.3, -0.25) is 29.5 Å². The van der Waals surface area contributed by atoms with Crippen molar-refractivity contribution in [1.82, 2.24) is 29.1 Å². The second-order valence-electron chi connectivity index (χ2n) is 14.5. The van der Waals surface area contributed by atoms with E-state index in [1.165, 1.54) is 0 Å². The van der Waals surface area contributed by atoms with E-state index < -0.39 is 0 Å². The lowest BCUT2D eigenvalue weighted by Crippen LogP contribution is -2.06. The van der Waals surface area contributed by atoms with E-state index >= 15 is 0 Å². The van der Waals surface area contributed by atoms with Crippen LogP contribution in [0.3, 0.4) is 0 Å². The van der Waals surface area contributed by atoms with Gasteiger partial charge >= 0.3 is 0 Å². The number of benzene rings is 5. The van der Waals surface area contributed by atoms with Gasteiger partial charge in [0.25, 0.3) is 0 Å². The number of carbonyl (C=O) groups is 2. The molecule has 60 heavy (non-hydrogen) atoms. The Bertz CT molecular complexity index is 3190. The van der Waals surface area contributed by atoms with Crippen LogP contribution >= 0.6 is 0 Å². The molecule has 0 fully saturated rings. The minimum Gasteiger partial charge on any atom is -0.309 e. The Labute approximate surface area is 343 Å². The summed E-state index contributed by atoms with van der Waals surface area (Å²) >= 11 is 0. The Kier molecular flexibility index (Phi) is 8.27. The highest BCUT2D eigenvalue weighted by Crippen LogP contribution is 2.51. The van der Waals surface area contributed by atoms with Crippen LogP contribution in [0.1, 0.15) is 32.4 Å². The fourth-order valence-electron chi connectivity index (χ4n) is 8.56. The van der Waals surface area contributed by atoms with E-state index in [9.17, 15) is 9.59 Å². The van der Waals surface area contributed by atoms with Crippen LogP contribution in [0.25, 0.3) is 77.2 Å². The fraction of sp³-hybridized carbons (Fsp3) is 0. The van der Waals surface area contributed by atoms with E-state index in [0.29, 0.717) is 22.8 Å². The highest BCUT2D eigenvalue weighted by molar-refractivity contribution is 6.33. The topological polar surface area (TPSA) is 95.6 Å². The maximum absolute atomic E-state index is 13.6. The van der Waals surface area contributed by atoms with Crippen LogP contribution in [0.2, 0.25) is 0 Å². The number of carbonyl (C=O) groups excluding carboxylic acids is 2. The predicted molar refractivity (Wildman–Crippen MR) is 237 cm³/mol. The average molecular weight is 773 g/mol. The lowest BCUT2D eigenvalue weighted by atomic mass is 9.90. The number of nitrogens with zero attached hydrogens (tertiary/aromatic N) is 6. The summed E-state index contributed by atoms with van der Waals surface area (Å²) < 4.78 is 4.66. The second-order valence-corrected chi connectivity index (χ2v) is 14.5. The summed E-state index contributed by atoms with van der Waals surface area (Å²) in [6.07, 6.45) is 6.85. The van der Waals surface area contributed by atoms with Crippen molar-refractivity contribution in [2.45, 2.75) is 0 Å². The number of hydrogen-bond acceptors (Lipinski definition) is 6. The maximum Gasteiger partial charge on any atom is 0.229 e. The standard InChI is InChI=1S/C52H32N6O2/c59-51(39-21-11-13-29-53-39)41-27-25-33(31-55-41)45-48-38-20-8-10-24-44(38)58(36-17-5-2-6-18-36)50(48)46(34-26-28-42(56-32-34)52(60)40-22-12-14-30-54-40)47-37-19-7-9-23-43(37)57(49(45)47)35-15-3-1-4-16-35/h1-32H. The van der Waals surface area contributed by atoms with E-state index in [1.54, 1.807) is 60.9 Å². The van der Waals surface area contributed by atoms with Gasteiger partial charge in [-0.1, -0.05) is 97.1 Å². The summed E-state index contributed by atoms with van der Waals surface area (Å²) in [5.41, 5.74) is 10.9. The third-order valence-corrected chi connectivity index (χ3v) is 11.1. The molecule has 6 aromatic heterocycles. The molecule has 0 bridgehead atoms. The van der Waals surface area contributed by atoms with Crippen LogP contribution in [0.15, 0.2) is 195 Å². The zero-order valence-corrected chi connectivity index (χ0v) is 32.0. The predicted octanol–water partition coefficient (Wildman–Crippen LogP) is 11.3. The van der Waals surface area contributed by atoms with Crippen LogP contribution < -0.4 is 0 Å². The number of hydrogen-bond donors (Lipinski definition) is 0. The van der Waals surface area contributed by atoms with E-state index in [2.05, 4.69) is 116 Å². The van der Waals surface area contributed by atoms with Gasteiger partial charge in [0.1, 0.15) is 22.8 Å². The van der Waals surface area contributed by atoms with Crippen LogP contribution in [0, 0.1) is 0 Å². The van der Waals surface area contributed by atoms with Crippen LogP contribution in [0.5, 0.6) is 0 Å². The number of aromatic nitrogens is 6. The van der Waals surface area contributed by atoms with E-state index in [4.69, 9.17) is 9.97 Å². The van der Waals surface area contributed by atoms with Crippen molar-refractivity contribution >= 4 is 55.2 Å². The van der Waals surface area contributed by atoms with Gasteiger partial charge in [0.05, 0.1) is 22.1 Å². The average Bonchev–Trinajstić information content (AvgIpc) is 3.85. The first-order valence-electron chi connectivity index (χ1n) is 19.6. The Balaban J connectivity index is 1.31. The van der Waals surface area contributed by atoms with Crippen molar-refractivity contribution in [2.24, 2.45) is 0 Å². The fourth-order valence-corrected chi connectivity index (χ4v) is 8.56. The molecule has 0 saturated carbocycles. The van der Waals surface area contributed by atoms with Crippen molar-refractivity contribution in [2.75, 3.05) is 0 Å². The molecular weight excluding hydrogens is 741 g/mol. The molecule has 11 rings (SSSR count). The molecule has 0 spiro atoms. The van der Waals surface area contributed by atoms with Crippen molar-refractivity contribution in [3.8, 4) is 33.6 Å². The number of fused-ring (bicyclic) bond motifs is 6. The summed E-state index contributed by atoms with van der Waals surface area (Å²) in [5, 5.41) is 4.11. The molecule has 8 heteroatoms. The largest absolute Gasteiger partial charge is 0.309 e. The zero-order chi connectivity index (χ0) is 40.2. The molecule has 0 aliphatic rings. The molecule has 0 unspecified atom stereocenters. The van der Waals surface area contributed by atoms with Crippen molar-refractivity contribution in [1.29, 1.82) is 0 Å². The lowest BCUT2D eigenvalue weighted by molar-refractivity contribution is 0.102. The minimum atomic E-state index is -0.246. The minimum absolute atomic E-state index is 0.246. The molecule has 0 radical (unpaired) electrons. The van der Waals surface area contributed by atoms with Gasteiger partial charge in [-0.15, -0.1) is 0 Å². The second kappa shape index (κ2) is 14.2. The third kappa shape index (κ3) is 5.54. The van der Waals surface area contributed by atoms with Crippen molar-refractivity contribution in [3.05, 3.63) is 217 Å². The van der Waals surface area contributed by atoms with Crippen molar-refractivity contribution in [3.63, 3.8) is 0 Å². The molecule has 0 N–H and O–H groups in total. The van der Waals surface area contributed by atoms with E-state index in [1.807, 2.05) is 36.7 Å². The molecule has 11 aromatic rings. The molecule has 282 valence electrons. The lowest BCUT2D eigenvalue weighted by Gasteiger charge is -2.18. The Morgan fingerprint density at radius 3 is 1.13 bits per heavy atom. The van der Waals surface area contributed by atoms with Gasteiger partial charge < -0.3 is 9.13 Å². The summed E-state index contributed by atoms with van der Waals surface area (Å²) in [5.74, 6) is -0.492.